The fourth-order valence-electron chi connectivity index (χ4n) is 3.82. The first kappa shape index (κ1) is 23.1. The highest BCUT2D eigenvalue weighted by atomic mass is 19.4. The highest BCUT2D eigenvalue weighted by molar-refractivity contribution is 5.76. The molecule has 1 aliphatic rings. The quantitative estimate of drug-likeness (QED) is 0.312. The van der Waals surface area contributed by atoms with Crippen LogP contribution in [0.1, 0.15) is 18.4 Å². The van der Waals surface area contributed by atoms with Crippen molar-refractivity contribution in [3.8, 4) is 0 Å². The standard InChI is InChI=1S/C21H18F3N5O5/c22-21(23,24)14-5-6-17(18(11-14)29(32)33)27-9-7-13(8-10-27)20(31)34-12-28-19(30)15-3-1-2-4-16(15)25-26-28/h1-6,11,13H,7-10,12H2. The van der Waals surface area contributed by atoms with Crippen molar-refractivity contribution in [3.63, 3.8) is 0 Å². The molecule has 0 spiro atoms. The molecule has 2 aromatic carbocycles. The zero-order valence-corrected chi connectivity index (χ0v) is 17.6. The fraction of sp³-hybridized carbons (Fsp3) is 0.333. The van der Waals surface area contributed by atoms with Crippen LogP contribution in [0.4, 0.5) is 24.5 Å². The molecule has 0 radical (unpaired) electrons. The lowest BCUT2D eigenvalue weighted by molar-refractivity contribution is -0.384. The van der Waals surface area contributed by atoms with Crippen LogP contribution in [0, 0.1) is 16.0 Å². The van der Waals surface area contributed by atoms with Gasteiger partial charge in [-0.05, 0) is 37.1 Å². The number of hydrogen-bond donors (Lipinski definition) is 0. The minimum atomic E-state index is -4.70. The van der Waals surface area contributed by atoms with E-state index in [1.165, 1.54) is 0 Å². The maximum atomic E-state index is 12.9. The van der Waals surface area contributed by atoms with Gasteiger partial charge in [-0.25, -0.2) is 0 Å². The minimum absolute atomic E-state index is 0.0582. The van der Waals surface area contributed by atoms with Crippen molar-refractivity contribution in [3.05, 3.63) is 68.5 Å². The van der Waals surface area contributed by atoms with Gasteiger partial charge in [-0.1, -0.05) is 17.3 Å². The number of piperidine rings is 1. The highest BCUT2D eigenvalue weighted by Gasteiger charge is 2.35. The fourth-order valence-corrected chi connectivity index (χ4v) is 3.82. The minimum Gasteiger partial charge on any atom is -0.442 e. The third-order valence-electron chi connectivity index (χ3n) is 5.63. The van der Waals surface area contributed by atoms with Gasteiger partial charge >= 0.3 is 12.1 Å². The van der Waals surface area contributed by atoms with Crippen molar-refractivity contribution in [1.82, 2.24) is 15.0 Å². The monoisotopic (exact) mass is 477 g/mol. The van der Waals surface area contributed by atoms with Crippen LogP contribution in [0.3, 0.4) is 0 Å². The summed E-state index contributed by atoms with van der Waals surface area (Å²) in [4.78, 5) is 37.0. The van der Waals surface area contributed by atoms with E-state index in [4.69, 9.17) is 4.74 Å². The van der Waals surface area contributed by atoms with Gasteiger partial charge < -0.3 is 9.64 Å². The molecule has 1 aromatic heterocycles. The van der Waals surface area contributed by atoms with E-state index < -0.39 is 46.5 Å². The SMILES string of the molecule is O=C(OCn1nnc2ccccc2c1=O)C1CCN(c2ccc(C(F)(F)F)cc2[N+](=O)[O-])CC1. The molecule has 0 saturated carbocycles. The number of nitrogens with zero attached hydrogens (tertiary/aromatic N) is 5. The molecule has 13 heteroatoms. The molecule has 1 aliphatic heterocycles. The lowest BCUT2D eigenvalue weighted by Gasteiger charge is -2.32. The molecular weight excluding hydrogens is 459 g/mol. The van der Waals surface area contributed by atoms with Gasteiger partial charge in [0.15, 0.2) is 6.73 Å². The van der Waals surface area contributed by atoms with E-state index in [1.807, 2.05) is 0 Å². The van der Waals surface area contributed by atoms with Crippen LogP contribution in [0.15, 0.2) is 47.3 Å². The number of fused-ring (bicyclic) bond motifs is 1. The van der Waals surface area contributed by atoms with E-state index in [2.05, 4.69) is 10.3 Å². The molecule has 178 valence electrons. The second-order valence-corrected chi connectivity index (χ2v) is 7.72. The van der Waals surface area contributed by atoms with E-state index in [0.717, 1.165) is 16.8 Å². The number of benzene rings is 2. The molecule has 10 nitrogen and oxygen atoms in total. The van der Waals surface area contributed by atoms with E-state index in [1.54, 1.807) is 29.2 Å². The largest absolute Gasteiger partial charge is 0.442 e. The van der Waals surface area contributed by atoms with E-state index in [-0.39, 0.29) is 31.6 Å². The molecule has 4 rings (SSSR count). The van der Waals surface area contributed by atoms with Gasteiger partial charge in [0, 0.05) is 19.2 Å². The number of ether oxygens (including phenoxy) is 1. The maximum absolute atomic E-state index is 12.9. The van der Waals surface area contributed by atoms with Gasteiger partial charge in [0.25, 0.3) is 11.2 Å². The van der Waals surface area contributed by atoms with Gasteiger partial charge in [0.2, 0.25) is 0 Å². The average Bonchev–Trinajstić information content (AvgIpc) is 2.82. The zero-order chi connectivity index (χ0) is 24.5. The van der Waals surface area contributed by atoms with Crippen molar-refractivity contribution >= 4 is 28.2 Å². The molecular formula is C21H18F3N5O5. The molecule has 3 aromatic rings. The summed E-state index contributed by atoms with van der Waals surface area (Å²) in [7, 11) is 0. The van der Waals surface area contributed by atoms with Gasteiger partial charge in [0.05, 0.1) is 21.8 Å². The molecule has 0 amide bonds. The molecule has 34 heavy (non-hydrogen) atoms. The number of halogens is 3. The summed E-state index contributed by atoms with van der Waals surface area (Å²) in [5.41, 5.74) is -1.73. The summed E-state index contributed by atoms with van der Waals surface area (Å²) >= 11 is 0. The molecule has 0 aliphatic carbocycles. The lowest BCUT2D eigenvalue weighted by atomic mass is 9.96. The first-order valence-electron chi connectivity index (χ1n) is 10.2. The average molecular weight is 477 g/mol. The Balaban J connectivity index is 1.39. The second kappa shape index (κ2) is 9.08. The summed E-state index contributed by atoms with van der Waals surface area (Å²) in [5.74, 6) is -1.10. The molecule has 0 bridgehead atoms. The summed E-state index contributed by atoms with van der Waals surface area (Å²) in [5, 5.41) is 19.3. The Morgan fingerprint density at radius 1 is 1.18 bits per heavy atom. The molecule has 0 N–H and O–H groups in total. The summed E-state index contributed by atoms with van der Waals surface area (Å²) in [6.45, 7) is 0.00346. The third kappa shape index (κ3) is 4.67. The highest BCUT2D eigenvalue weighted by Crippen LogP contribution is 2.37. The van der Waals surface area contributed by atoms with Crippen molar-refractivity contribution < 1.29 is 27.6 Å². The third-order valence-corrected chi connectivity index (χ3v) is 5.63. The van der Waals surface area contributed by atoms with Crippen LogP contribution in [-0.2, 0) is 22.4 Å². The zero-order valence-electron chi connectivity index (χ0n) is 17.6. The van der Waals surface area contributed by atoms with Crippen LogP contribution < -0.4 is 10.5 Å². The molecule has 1 fully saturated rings. The Hall–Kier alpha value is -4.03. The number of carbonyl (C=O) groups excluding carboxylic acids is 1. The Kier molecular flexibility index (Phi) is 6.18. The van der Waals surface area contributed by atoms with E-state index in [9.17, 15) is 32.9 Å². The van der Waals surface area contributed by atoms with Crippen LogP contribution in [-0.4, -0.2) is 39.0 Å². The molecule has 2 heterocycles. The number of hydrogen-bond acceptors (Lipinski definition) is 8. The molecule has 1 saturated heterocycles. The number of carbonyl (C=O) groups is 1. The smallest absolute Gasteiger partial charge is 0.416 e. The topological polar surface area (TPSA) is 120 Å². The Morgan fingerprint density at radius 2 is 1.88 bits per heavy atom. The van der Waals surface area contributed by atoms with Gasteiger partial charge in [-0.3, -0.25) is 19.7 Å². The van der Waals surface area contributed by atoms with Crippen molar-refractivity contribution in [2.75, 3.05) is 18.0 Å². The van der Waals surface area contributed by atoms with Crippen LogP contribution >= 0.6 is 0 Å². The Labute approximate surface area is 189 Å². The van der Waals surface area contributed by atoms with Crippen LogP contribution in [0.5, 0.6) is 0 Å². The van der Waals surface area contributed by atoms with E-state index >= 15 is 0 Å². The predicted octanol–water partition coefficient (Wildman–Crippen LogP) is 3.14. The summed E-state index contributed by atoms with van der Waals surface area (Å²) in [6.07, 6.45) is -4.15. The summed E-state index contributed by atoms with van der Waals surface area (Å²) < 4.78 is 44.9. The lowest BCUT2D eigenvalue weighted by Crippen LogP contribution is -2.38. The van der Waals surface area contributed by atoms with E-state index in [0.29, 0.717) is 17.0 Å². The number of aromatic nitrogens is 3. The van der Waals surface area contributed by atoms with Gasteiger partial charge in [-0.2, -0.15) is 17.9 Å². The predicted molar refractivity (Wildman–Crippen MR) is 113 cm³/mol. The molecule has 0 atom stereocenters. The van der Waals surface area contributed by atoms with Gasteiger partial charge in [0.1, 0.15) is 11.2 Å². The van der Waals surface area contributed by atoms with Crippen molar-refractivity contribution in [2.24, 2.45) is 5.92 Å². The maximum Gasteiger partial charge on any atom is 0.416 e. The first-order chi connectivity index (χ1) is 16.1. The number of esters is 1. The number of rotatable bonds is 5. The first-order valence-corrected chi connectivity index (χ1v) is 10.2. The van der Waals surface area contributed by atoms with Crippen LogP contribution in [0.25, 0.3) is 10.9 Å². The molecule has 0 unspecified atom stereocenters. The van der Waals surface area contributed by atoms with Crippen molar-refractivity contribution in [1.29, 1.82) is 0 Å². The number of nitro groups is 1. The summed E-state index contributed by atoms with van der Waals surface area (Å²) in [6, 6.07) is 8.99. The Morgan fingerprint density at radius 3 is 2.56 bits per heavy atom. The Bertz CT molecular complexity index is 1300. The number of anilines is 1. The van der Waals surface area contributed by atoms with Crippen molar-refractivity contribution in [2.45, 2.75) is 25.7 Å². The van der Waals surface area contributed by atoms with Gasteiger partial charge in [-0.15, -0.1) is 5.10 Å². The number of nitro benzene ring substituents is 1. The van der Waals surface area contributed by atoms with Crippen LogP contribution in [0.2, 0.25) is 0 Å². The second-order valence-electron chi connectivity index (χ2n) is 7.72. The number of alkyl halides is 3. The normalized spacial score (nSPS) is 14.9.